The Labute approximate surface area is 178 Å². The molecule has 7 nitrogen and oxygen atoms in total. The normalized spacial score (nSPS) is 16.8. The number of carbonyl (C=O) groups is 1. The molecule has 0 unspecified atom stereocenters. The second-order valence-corrected chi connectivity index (χ2v) is 7.10. The van der Waals surface area contributed by atoms with Gasteiger partial charge >= 0.3 is 6.18 Å². The molecule has 12 heteroatoms. The van der Waals surface area contributed by atoms with Crippen molar-refractivity contribution in [2.75, 3.05) is 13.1 Å². The van der Waals surface area contributed by atoms with Crippen molar-refractivity contribution in [3.8, 4) is 11.6 Å². The van der Waals surface area contributed by atoms with E-state index in [0.29, 0.717) is 31.6 Å². The molecule has 1 aliphatic rings. The van der Waals surface area contributed by atoms with E-state index >= 15 is 0 Å². The fourth-order valence-electron chi connectivity index (χ4n) is 3.44. The first-order chi connectivity index (χ1) is 15.2. The van der Waals surface area contributed by atoms with Gasteiger partial charge < -0.3 is 9.64 Å². The lowest BCUT2D eigenvalue weighted by Gasteiger charge is -2.33. The summed E-state index contributed by atoms with van der Waals surface area (Å²) in [6.45, 7) is 0.355. The highest BCUT2D eigenvalue weighted by molar-refractivity contribution is 5.97. The van der Waals surface area contributed by atoms with E-state index in [1.165, 1.54) is 35.5 Å². The van der Waals surface area contributed by atoms with E-state index in [0.717, 1.165) is 4.80 Å². The van der Waals surface area contributed by atoms with Crippen molar-refractivity contribution in [2.24, 2.45) is 0 Å². The van der Waals surface area contributed by atoms with Gasteiger partial charge in [-0.3, -0.25) is 4.79 Å². The Hall–Kier alpha value is -3.57. The molecule has 1 fully saturated rings. The Balaban J connectivity index is 1.52. The number of aromatic nitrogens is 4. The Bertz CT molecular complexity index is 1120. The molecule has 0 N–H and O–H groups in total. The Morgan fingerprint density at radius 2 is 1.88 bits per heavy atom. The van der Waals surface area contributed by atoms with Crippen molar-refractivity contribution in [3.63, 3.8) is 0 Å². The van der Waals surface area contributed by atoms with Gasteiger partial charge in [-0.15, -0.1) is 4.80 Å². The van der Waals surface area contributed by atoms with E-state index in [1.807, 2.05) is 0 Å². The number of rotatable bonds is 4. The van der Waals surface area contributed by atoms with Crippen LogP contribution >= 0.6 is 0 Å². The summed E-state index contributed by atoms with van der Waals surface area (Å²) in [7, 11) is 0. The van der Waals surface area contributed by atoms with Crippen LogP contribution in [0.5, 0.6) is 5.88 Å². The quantitative estimate of drug-likeness (QED) is 0.564. The lowest BCUT2D eigenvalue weighted by Crippen LogP contribution is -2.44. The summed E-state index contributed by atoms with van der Waals surface area (Å²) < 4.78 is 72.0. The van der Waals surface area contributed by atoms with Crippen molar-refractivity contribution in [3.05, 3.63) is 65.6 Å². The molecule has 2 aromatic heterocycles. The molecule has 1 atom stereocenters. The third-order valence-electron chi connectivity index (χ3n) is 4.91. The van der Waals surface area contributed by atoms with E-state index < -0.39 is 41.3 Å². The first kappa shape index (κ1) is 21.7. The lowest BCUT2D eigenvalue weighted by molar-refractivity contribution is -0.138. The Kier molecular flexibility index (Phi) is 5.76. The van der Waals surface area contributed by atoms with Gasteiger partial charge in [-0.2, -0.15) is 23.4 Å². The molecule has 0 saturated carbocycles. The van der Waals surface area contributed by atoms with Crippen molar-refractivity contribution < 1.29 is 31.5 Å². The van der Waals surface area contributed by atoms with Crippen molar-refractivity contribution in [1.82, 2.24) is 24.9 Å². The van der Waals surface area contributed by atoms with Crippen LogP contribution in [0.25, 0.3) is 5.69 Å². The van der Waals surface area contributed by atoms with E-state index in [9.17, 15) is 26.7 Å². The molecule has 0 radical (unpaired) electrons. The van der Waals surface area contributed by atoms with Gasteiger partial charge in [-0.1, -0.05) is 6.07 Å². The lowest BCUT2D eigenvalue weighted by atomic mass is 10.1. The van der Waals surface area contributed by atoms with E-state index in [4.69, 9.17) is 4.74 Å². The second-order valence-electron chi connectivity index (χ2n) is 7.10. The number of amides is 1. The minimum absolute atomic E-state index is 0.0173. The van der Waals surface area contributed by atoms with Crippen LogP contribution in [0.2, 0.25) is 0 Å². The number of pyridine rings is 1. The predicted molar refractivity (Wildman–Crippen MR) is 100 cm³/mol. The number of benzene rings is 1. The Morgan fingerprint density at radius 1 is 1.12 bits per heavy atom. The summed E-state index contributed by atoms with van der Waals surface area (Å²) in [6, 6.07) is 4.31. The van der Waals surface area contributed by atoms with Crippen molar-refractivity contribution >= 4 is 5.91 Å². The standard InChI is InChI=1S/C20H16F5N5O2/c21-15-5-1-4-14(17(15)30-27-6-7-28-30)19(31)29-8-2-3-13(11-29)32-18-16(22)9-12(10-26-18)20(23,24)25/h1,4-7,9-10,13H,2-3,8,11H2/t13-/m1/s1. The molecular weight excluding hydrogens is 437 g/mol. The number of nitrogens with zero attached hydrogens (tertiary/aromatic N) is 5. The zero-order valence-corrected chi connectivity index (χ0v) is 16.4. The largest absolute Gasteiger partial charge is 0.470 e. The predicted octanol–water partition coefficient (Wildman–Crippen LogP) is 3.64. The highest BCUT2D eigenvalue weighted by Gasteiger charge is 2.33. The number of likely N-dealkylation sites (tertiary alicyclic amines) is 1. The number of carbonyl (C=O) groups excluding carboxylic acids is 1. The van der Waals surface area contributed by atoms with Crippen LogP contribution in [0, 0.1) is 11.6 Å². The minimum atomic E-state index is -4.73. The monoisotopic (exact) mass is 453 g/mol. The van der Waals surface area contributed by atoms with Gasteiger partial charge in [-0.25, -0.2) is 13.8 Å². The number of ether oxygens (including phenoxy) is 1. The maximum absolute atomic E-state index is 14.4. The first-order valence-corrected chi connectivity index (χ1v) is 9.58. The first-order valence-electron chi connectivity index (χ1n) is 9.58. The summed E-state index contributed by atoms with van der Waals surface area (Å²) >= 11 is 0. The van der Waals surface area contributed by atoms with Gasteiger partial charge in [-0.05, 0) is 31.0 Å². The third kappa shape index (κ3) is 4.39. The molecule has 1 aromatic carbocycles. The van der Waals surface area contributed by atoms with E-state index in [-0.39, 0.29) is 17.8 Å². The summed E-state index contributed by atoms with van der Waals surface area (Å²) in [6.07, 6.45) is -1.33. The molecule has 0 spiro atoms. The van der Waals surface area contributed by atoms with Gasteiger partial charge in [0.15, 0.2) is 11.6 Å². The topological polar surface area (TPSA) is 73.1 Å². The van der Waals surface area contributed by atoms with Crippen LogP contribution in [0.3, 0.4) is 0 Å². The SMILES string of the molecule is O=C(c1cccc(F)c1-n1nccn1)N1CCC[C@@H](Oc2ncc(C(F)(F)F)cc2F)C1. The molecular formula is C20H16F5N5O2. The summed E-state index contributed by atoms with van der Waals surface area (Å²) in [5, 5.41) is 7.76. The fraction of sp³-hybridized carbons (Fsp3) is 0.300. The third-order valence-corrected chi connectivity index (χ3v) is 4.91. The zero-order chi connectivity index (χ0) is 22.9. The van der Waals surface area contributed by atoms with E-state index in [1.54, 1.807) is 0 Å². The number of hydrogen-bond acceptors (Lipinski definition) is 5. The van der Waals surface area contributed by atoms with Gasteiger partial charge in [0, 0.05) is 12.7 Å². The minimum Gasteiger partial charge on any atom is -0.470 e. The zero-order valence-electron chi connectivity index (χ0n) is 16.4. The fourth-order valence-corrected chi connectivity index (χ4v) is 3.44. The van der Waals surface area contributed by atoms with Crippen LogP contribution in [-0.4, -0.2) is 50.0 Å². The highest BCUT2D eigenvalue weighted by atomic mass is 19.4. The van der Waals surface area contributed by atoms with Gasteiger partial charge in [0.1, 0.15) is 11.8 Å². The molecule has 168 valence electrons. The molecule has 1 amide bonds. The smallest absolute Gasteiger partial charge is 0.417 e. The second kappa shape index (κ2) is 8.52. The average molecular weight is 453 g/mol. The number of piperidine rings is 1. The maximum atomic E-state index is 14.4. The molecule has 4 rings (SSSR count). The molecule has 0 aliphatic carbocycles. The van der Waals surface area contributed by atoms with Crippen LogP contribution in [-0.2, 0) is 6.18 Å². The average Bonchev–Trinajstić information content (AvgIpc) is 3.28. The number of halogens is 5. The highest BCUT2D eigenvalue weighted by Crippen LogP contribution is 2.31. The molecule has 1 aliphatic heterocycles. The molecule has 1 saturated heterocycles. The molecule has 32 heavy (non-hydrogen) atoms. The number of hydrogen-bond donors (Lipinski definition) is 0. The molecule has 3 heterocycles. The summed E-state index contributed by atoms with van der Waals surface area (Å²) in [5.41, 5.74) is -1.31. The number of alkyl halides is 3. The van der Waals surface area contributed by atoms with Crippen LogP contribution in [0.15, 0.2) is 42.9 Å². The Morgan fingerprint density at radius 3 is 2.56 bits per heavy atom. The van der Waals surface area contributed by atoms with Crippen LogP contribution in [0.4, 0.5) is 22.0 Å². The van der Waals surface area contributed by atoms with Gasteiger partial charge in [0.05, 0.1) is 30.1 Å². The van der Waals surface area contributed by atoms with Gasteiger partial charge in [0.25, 0.3) is 11.8 Å². The van der Waals surface area contributed by atoms with Crippen molar-refractivity contribution in [1.29, 1.82) is 0 Å². The molecule has 3 aromatic rings. The van der Waals surface area contributed by atoms with Crippen LogP contribution in [0.1, 0.15) is 28.8 Å². The van der Waals surface area contributed by atoms with E-state index in [2.05, 4.69) is 15.2 Å². The summed E-state index contributed by atoms with van der Waals surface area (Å²) in [5.74, 6) is -3.02. The maximum Gasteiger partial charge on any atom is 0.417 e. The number of para-hydroxylation sites is 1. The summed E-state index contributed by atoms with van der Waals surface area (Å²) in [4.78, 5) is 18.9. The van der Waals surface area contributed by atoms with Crippen molar-refractivity contribution in [2.45, 2.75) is 25.1 Å². The van der Waals surface area contributed by atoms with Gasteiger partial charge in [0.2, 0.25) is 0 Å². The van der Waals surface area contributed by atoms with Crippen LogP contribution < -0.4 is 4.74 Å². The molecule has 0 bridgehead atoms.